The Morgan fingerprint density at radius 3 is 2.86 bits per heavy atom. The van der Waals surface area contributed by atoms with Crippen molar-refractivity contribution < 1.29 is 4.74 Å². The third-order valence-corrected chi connectivity index (χ3v) is 4.20. The highest BCUT2D eigenvalue weighted by molar-refractivity contribution is 6.31. The zero-order valence-corrected chi connectivity index (χ0v) is 13.4. The number of morpholine rings is 1. The van der Waals surface area contributed by atoms with Gasteiger partial charge in [-0.25, -0.2) is 9.97 Å². The highest BCUT2D eigenvalue weighted by atomic mass is 35.5. The second-order valence-electron chi connectivity index (χ2n) is 5.29. The third-order valence-electron chi connectivity index (χ3n) is 3.76. The van der Waals surface area contributed by atoms with E-state index in [9.17, 15) is 0 Å². The van der Waals surface area contributed by atoms with Crippen LogP contribution in [-0.2, 0) is 10.6 Å². The molecule has 0 spiro atoms. The molecule has 2 aromatic rings. The van der Waals surface area contributed by atoms with Crippen LogP contribution in [0.3, 0.4) is 0 Å². The zero-order valence-electron chi connectivity index (χ0n) is 11.9. The summed E-state index contributed by atoms with van der Waals surface area (Å²) in [6.45, 7) is 6.63. The summed E-state index contributed by atoms with van der Waals surface area (Å²) in [5.74, 6) is 1.20. The quantitative estimate of drug-likeness (QED) is 0.809. The molecule has 1 unspecified atom stereocenters. The number of hydrogen-bond donors (Lipinski definition) is 0. The summed E-state index contributed by atoms with van der Waals surface area (Å²) in [4.78, 5) is 11.4. The molecule has 0 bridgehead atoms. The van der Waals surface area contributed by atoms with E-state index in [1.807, 2.05) is 6.07 Å². The molecule has 1 saturated heterocycles. The number of halogens is 2. The molecule has 0 N–H and O–H groups in total. The molecule has 114 valence electrons. The lowest BCUT2D eigenvalue weighted by atomic mass is 10.2. The number of fused-ring (bicyclic) bond motifs is 1. The minimum absolute atomic E-state index is 0.246. The summed E-state index contributed by atoms with van der Waals surface area (Å²) < 4.78 is 7.51. The summed E-state index contributed by atoms with van der Waals surface area (Å²) >= 11 is 12.0. The number of pyridine rings is 1. The fourth-order valence-electron chi connectivity index (χ4n) is 2.80. The molecule has 0 radical (unpaired) electrons. The molecule has 5 nitrogen and oxygen atoms in total. The van der Waals surface area contributed by atoms with Crippen LogP contribution in [0.15, 0.2) is 12.3 Å². The van der Waals surface area contributed by atoms with Gasteiger partial charge in [0.2, 0.25) is 0 Å². The van der Waals surface area contributed by atoms with Crippen molar-refractivity contribution in [2.75, 3.05) is 32.8 Å². The highest BCUT2D eigenvalue weighted by Crippen LogP contribution is 2.23. The molecule has 7 heteroatoms. The first kappa shape index (κ1) is 15.0. The fraction of sp³-hybridized carbons (Fsp3) is 0.571. The number of hydrogen-bond acceptors (Lipinski definition) is 4. The molecule has 0 amide bonds. The normalized spacial score (nSPS) is 18.2. The number of aromatic nitrogens is 3. The van der Waals surface area contributed by atoms with Crippen molar-refractivity contribution in [1.82, 2.24) is 19.4 Å². The first-order valence-corrected chi connectivity index (χ1v) is 7.98. The molecule has 1 fully saturated rings. The van der Waals surface area contributed by atoms with Crippen LogP contribution in [0.4, 0.5) is 0 Å². The molecule has 1 atom stereocenters. The Balaban J connectivity index is 1.90. The molecular formula is C14H18Cl2N4O. The van der Waals surface area contributed by atoms with Gasteiger partial charge in [-0.15, -0.1) is 11.6 Å². The zero-order chi connectivity index (χ0) is 14.8. The van der Waals surface area contributed by atoms with Gasteiger partial charge in [-0.2, -0.15) is 0 Å². The molecular weight excluding hydrogens is 311 g/mol. The smallest absolute Gasteiger partial charge is 0.160 e. The number of imidazole rings is 1. The molecule has 1 aliphatic rings. The summed E-state index contributed by atoms with van der Waals surface area (Å²) in [7, 11) is 0. The summed E-state index contributed by atoms with van der Waals surface area (Å²) in [6, 6.07) is 2.08. The third kappa shape index (κ3) is 3.16. The van der Waals surface area contributed by atoms with Gasteiger partial charge >= 0.3 is 0 Å². The van der Waals surface area contributed by atoms with Gasteiger partial charge in [0.05, 0.1) is 24.1 Å². The number of ether oxygens (including phenoxy) is 1. The molecule has 0 aliphatic carbocycles. The molecule has 21 heavy (non-hydrogen) atoms. The van der Waals surface area contributed by atoms with Crippen LogP contribution in [-0.4, -0.2) is 52.3 Å². The van der Waals surface area contributed by atoms with E-state index in [1.54, 1.807) is 6.20 Å². The average molecular weight is 329 g/mol. The Morgan fingerprint density at radius 1 is 1.38 bits per heavy atom. The van der Waals surface area contributed by atoms with Crippen LogP contribution in [0.1, 0.15) is 18.8 Å². The highest BCUT2D eigenvalue weighted by Gasteiger charge is 2.20. The average Bonchev–Trinajstić information content (AvgIpc) is 2.85. The molecule has 0 saturated carbocycles. The van der Waals surface area contributed by atoms with Crippen molar-refractivity contribution in [1.29, 1.82) is 0 Å². The van der Waals surface area contributed by atoms with E-state index < -0.39 is 0 Å². The van der Waals surface area contributed by atoms with E-state index in [2.05, 4.69) is 26.4 Å². The summed E-state index contributed by atoms with van der Waals surface area (Å²) in [6.07, 6.45) is 1.65. The van der Waals surface area contributed by atoms with Gasteiger partial charge in [0.1, 0.15) is 11.3 Å². The van der Waals surface area contributed by atoms with E-state index in [4.69, 9.17) is 27.9 Å². The van der Waals surface area contributed by atoms with Crippen molar-refractivity contribution in [2.24, 2.45) is 0 Å². The Labute approximate surface area is 133 Å². The van der Waals surface area contributed by atoms with Crippen LogP contribution in [0.25, 0.3) is 11.2 Å². The molecule has 3 rings (SSSR count). The van der Waals surface area contributed by atoms with Crippen LogP contribution >= 0.6 is 23.2 Å². The molecule has 2 aromatic heterocycles. The van der Waals surface area contributed by atoms with Crippen molar-refractivity contribution in [2.45, 2.75) is 18.8 Å². The maximum Gasteiger partial charge on any atom is 0.160 e. The van der Waals surface area contributed by atoms with Gasteiger partial charge in [0.15, 0.2) is 5.65 Å². The van der Waals surface area contributed by atoms with Crippen molar-refractivity contribution in [3.8, 4) is 0 Å². The second kappa shape index (κ2) is 6.48. The Hall–Kier alpha value is -0.880. The predicted molar refractivity (Wildman–Crippen MR) is 84.1 cm³/mol. The van der Waals surface area contributed by atoms with Crippen LogP contribution in [0.2, 0.25) is 5.02 Å². The second-order valence-corrected chi connectivity index (χ2v) is 5.99. The Bertz CT molecular complexity index is 625. The largest absolute Gasteiger partial charge is 0.379 e. The Morgan fingerprint density at radius 2 is 2.14 bits per heavy atom. The maximum absolute atomic E-state index is 6.05. The molecule has 1 aliphatic heterocycles. The van der Waals surface area contributed by atoms with Gasteiger partial charge in [-0.3, -0.25) is 4.90 Å². The summed E-state index contributed by atoms with van der Waals surface area (Å²) in [5, 5.41) is 0.592. The van der Waals surface area contributed by atoms with Gasteiger partial charge < -0.3 is 9.30 Å². The number of alkyl halides is 1. The van der Waals surface area contributed by atoms with Gasteiger partial charge in [0, 0.05) is 31.9 Å². The Kier molecular flexibility index (Phi) is 4.64. The fourth-order valence-corrected chi connectivity index (χ4v) is 3.14. The first-order chi connectivity index (χ1) is 10.2. The van der Waals surface area contributed by atoms with Crippen molar-refractivity contribution in [3.05, 3.63) is 23.1 Å². The van der Waals surface area contributed by atoms with E-state index in [1.165, 1.54) is 0 Å². The maximum atomic E-state index is 6.05. The van der Waals surface area contributed by atoms with E-state index in [-0.39, 0.29) is 6.04 Å². The topological polar surface area (TPSA) is 43.2 Å². The van der Waals surface area contributed by atoms with Crippen LogP contribution in [0.5, 0.6) is 0 Å². The standard InChI is InChI=1S/C14H18Cl2N4O/c1-10(9-19-2-4-21-5-3-19)20-13(7-15)18-12-6-11(16)8-17-14(12)20/h6,8,10H,2-5,7,9H2,1H3. The van der Waals surface area contributed by atoms with Gasteiger partial charge in [-0.1, -0.05) is 11.6 Å². The minimum Gasteiger partial charge on any atom is -0.379 e. The van der Waals surface area contributed by atoms with Crippen molar-refractivity contribution >= 4 is 34.4 Å². The lowest BCUT2D eigenvalue weighted by Gasteiger charge is -2.30. The van der Waals surface area contributed by atoms with Crippen LogP contribution < -0.4 is 0 Å². The molecule has 3 heterocycles. The van der Waals surface area contributed by atoms with E-state index in [0.29, 0.717) is 10.9 Å². The predicted octanol–water partition coefficient (Wildman–Crippen LogP) is 2.72. The van der Waals surface area contributed by atoms with Crippen LogP contribution in [0, 0.1) is 0 Å². The summed E-state index contributed by atoms with van der Waals surface area (Å²) in [5.41, 5.74) is 1.64. The lowest BCUT2D eigenvalue weighted by Crippen LogP contribution is -2.39. The SMILES string of the molecule is CC(CN1CCOCC1)n1c(CCl)nc2cc(Cl)cnc21. The first-order valence-electron chi connectivity index (χ1n) is 7.07. The number of rotatable bonds is 4. The lowest BCUT2D eigenvalue weighted by molar-refractivity contribution is 0.0326. The minimum atomic E-state index is 0.246. The molecule has 0 aromatic carbocycles. The number of nitrogens with zero attached hydrogens (tertiary/aromatic N) is 4. The van der Waals surface area contributed by atoms with Gasteiger partial charge in [0.25, 0.3) is 0 Å². The van der Waals surface area contributed by atoms with E-state index in [0.717, 1.165) is 49.8 Å². The monoisotopic (exact) mass is 328 g/mol. The van der Waals surface area contributed by atoms with Crippen molar-refractivity contribution in [3.63, 3.8) is 0 Å². The van der Waals surface area contributed by atoms with Gasteiger partial charge in [-0.05, 0) is 13.0 Å². The van der Waals surface area contributed by atoms with E-state index >= 15 is 0 Å².